The van der Waals surface area contributed by atoms with Crippen molar-refractivity contribution in [1.82, 2.24) is 9.97 Å². The van der Waals surface area contributed by atoms with E-state index in [2.05, 4.69) is 9.97 Å². The van der Waals surface area contributed by atoms with Crippen molar-refractivity contribution in [3.05, 3.63) is 71.1 Å². The van der Waals surface area contributed by atoms with E-state index in [1.165, 1.54) is 23.1 Å². The van der Waals surface area contributed by atoms with Crippen LogP contribution in [0.15, 0.2) is 74.9 Å². The Bertz CT molecular complexity index is 1230. The van der Waals surface area contributed by atoms with Crippen LogP contribution in [0.4, 0.5) is 5.82 Å². The summed E-state index contributed by atoms with van der Waals surface area (Å²) in [7, 11) is -3.51. The molecule has 0 spiro atoms. The van der Waals surface area contributed by atoms with Gasteiger partial charge < -0.3 is 5.73 Å². The summed E-state index contributed by atoms with van der Waals surface area (Å²) in [6.07, 6.45) is 0. The number of hydrogen-bond acceptors (Lipinski definition) is 7. The Morgan fingerprint density at radius 3 is 2.29 bits per heavy atom. The van der Waals surface area contributed by atoms with Gasteiger partial charge in [-0.25, -0.2) is 18.4 Å². The number of fused-ring (bicyclic) bond motifs is 1. The third-order valence-electron chi connectivity index (χ3n) is 4.27. The lowest BCUT2D eigenvalue weighted by molar-refractivity contribution is 0.596. The highest BCUT2D eigenvalue weighted by Gasteiger charge is 2.17. The van der Waals surface area contributed by atoms with Crippen molar-refractivity contribution in [1.29, 1.82) is 0 Å². The fourth-order valence-corrected chi connectivity index (χ4v) is 5.59. The predicted octanol–water partition coefficient (Wildman–Crippen LogP) is 4.71. The summed E-state index contributed by atoms with van der Waals surface area (Å²) in [5, 5.41) is 3.43. The molecule has 142 valence electrons. The van der Waals surface area contributed by atoms with E-state index in [1.807, 2.05) is 30.5 Å². The molecule has 0 fully saturated rings. The molecule has 0 unspecified atom stereocenters. The van der Waals surface area contributed by atoms with Crippen molar-refractivity contribution in [2.24, 2.45) is 0 Å². The van der Waals surface area contributed by atoms with Gasteiger partial charge in [0.2, 0.25) is 9.84 Å². The Morgan fingerprint density at radius 1 is 0.964 bits per heavy atom. The van der Waals surface area contributed by atoms with Gasteiger partial charge in [0.15, 0.2) is 5.16 Å². The van der Waals surface area contributed by atoms with Gasteiger partial charge in [-0.15, -0.1) is 11.3 Å². The summed E-state index contributed by atoms with van der Waals surface area (Å²) in [5.74, 6) is 1.11. The number of rotatable bonds is 5. The van der Waals surface area contributed by atoms with E-state index < -0.39 is 9.84 Å². The molecule has 2 aromatic heterocycles. The molecule has 8 heteroatoms. The van der Waals surface area contributed by atoms with Crippen molar-refractivity contribution in [3.8, 4) is 0 Å². The van der Waals surface area contributed by atoms with Crippen LogP contribution in [0.5, 0.6) is 0 Å². The van der Waals surface area contributed by atoms with E-state index in [0.29, 0.717) is 21.6 Å². The maximum absolute atomic E-state index is 12.7. The Balaban J connectivity index is 1.50. The van der Waals surface area contributed by atoms with Gasteiger partial charge in [-0.3, -0.25) is 0 Å². The number of aryl methyl sites for hydroxylation is 1. The molecule has 0 amide bonds. The number of nitrogens with two attached hydrogens (primary N) is 1. The van der Waals surface area contributed by atoms with Crippen LogP contribution in [0.1, 0.15) is 11.1 Å². The van der Waals surface area contributed by atoms with Gasteiger partial charge in [-0.1, -0.05) is 41.6 Å². The number of benzene rings is 2. The van der Waals surface area contributed by atoms with Crippen LogP contribution in [0.2, 0.25) is 0 Å². The molecule has 4 rings (SSSR count). The third-order valence-corrected chi connectivity index (χ3v) is 7.78. The van der Waals surface area contributed by atoms with Crippen LogP contribution in [-0.2, 0) is 15.6 Å². The highest BCUT2D eigenvalue weighted by atomic mass is 32.2. The normalized spacial score (nSPS) is 11.8. The Kier molecular flexibility index (Phi) is 5.09. The zero-order valence-corrected chi connectivity index (χ0v) is 17.4. The lowest BCUT2D eigenvalue weighted by Crippen LogP contribution is -2.02. The molecule has 2 N–H and O–H groups in total. The molecule has 28 heavy (non-hydrogen) atoms. The number of anilines is 1. The molecule has 2 aromatic carbocycles. The molecular formula is C20H17N3O2S3. The molecule has 5 nitrogen and oxygen atoms in total. The van der Waals surface area contributed by atoms with E-state index in [9.17, 15) is 8.42 Å². The Hall–Kier alpha value is -2.42. The largest absolute Gasteiger partial charge is 0.383 e. The monoisotopic (exact) mass is 427 g/mol. The topological polar surface area (TPSA) is 85.9 Å². The summed E-state index contributed by atoms with van der Waals surface area (Å²) in [6, 6.07) is 15.7. The highest BCUT2D eigenvalue weighted by molar-refractivity contribution is 7.98. The number of hydrogen-bond donors (Lipinski definition) is 1. The molecule has 4 aromatic rings. The van der Waals surface area contributed by atoms with Crippen LogP contribution >= 0.6 is 23.1 Å². The van der Waals surface area contributed by atoms with Crippen molar-refractivity contribution in [3.63, 3.8) is 0 Å². The second-order valence-corrected chi connectivity index (χ2v) is 10.1. The van der Waals surface area contributed by atoms with Crippen LogP contribution in [0.25, 0.3) is 10.2 Å². The van der Waals surface area contributed by atoms with Crippen LogP contribution in [-0.4, -0.2) is 18.4 Å². The van der Waals surface area contributed by atoms with Crippen molar-refractivity contribution in [2.75, 3.05) is 5.73 Å². The fraction of sp³-hybridized carbons (Fsp3) is 0.100. The minimum absolute atomic E-state index is 0.283. The summed E-state index contributed by atoms with van der Waals surface area (Å²) >= 11 is 3.00. The summed E-state index contributed by atoms with van der Waals surface area (Å²) in [6.45, 7) is 1.93. The summed E-state index contributed by atoms with van der Waals surface area (Å²) in [4.78, 5) is 10.3. The quantitative estimate of drug-likeness (QED) is 0.367. The van der Waals surface area contributed by atoms with E-state index in [1.54, 1.807) is 36.4 Å². The second-order valence-electron chi connectivity index (χ2n) is 6.28. The van der Waals surface area contributed by atoms with Crippen molar-refractivity contribution in [2.45, 2.75) is 27.6 Å². The number of nitrogen functional groups attached to an aromatic ring is 1. The molecule has 0 bridgehead atoms. The molecule has 0 aliphatic rings. The van der Waals surface area contributed by atoms with Crippen molar-refractivity contribution < 1.29 is 8.42 Å². The fourth-order valence-electron chi connectivity index (χ4n) is 2.69. The van der Waals surface area contributed by atoms with E-state index in [4.69, 9.17) is 5.73 Å². The maximum Gasteiger partial charge on any atom is 0.206 e. The number of thiophene rings is 1. The number of thioether (sulfide) groups is 1. The van der Waals surface area contributed by atoms with Gasteiger partial charge in [-0.2, -0.15) is 0 Å². The standard InChI is InChI=1S/C20H17N3O2S3/c1-13-2-6-15(7-3-13)28(24,25)16-8-4-14(5-9-16)12-27-20-22-18(21)17-10-11-26-19(17)23-20/h2-11H,12H2,1H3,(H2,21,22,23). The lowest BCUT2D eigenvalue weighted by Gasteiger charge is -2.07. The van der Waals surface area contributed by atoms with Crippen molar-refractivity contribution >= 4 is 49.0 Å². The molecule has 0 saturated carbocycles. The number of sulfone groups is 1. The first-order chi connectivity index (χ1) is 13.4. The lowest BCUT2D eigenvalue weighted by atomic mass is 10.2. The first-order valence-corrected chi connectivity index (χ1v) is 11.8. The van der Waals surface area contributed by atoms with Gasteiger partial charge in [0.05, 0.1) is 15.2 Å². The number of aromatic nitrogens is 2. The Labute approximate surface area is 171 Å². The average Bonchev–Trinajstić information content (AvgIpc) is 3.16. The second kappa shape index (κ2) is 7.54. The highest BCUT2D eigenvalue weighted by Crippen LogP contribution is 2.28. The van der Waals surface area contributed by atoms with Crippen LogP contribution < -0.4 is 5.73 Å². The minimum atomic E-state index is -3.51. The Morgan fingerprint density at radius 2 is 1.61 bits per heavy atom. The molecule has 0 aliphatic heterocycles. The van der Waals surface area contributed by atoms with E-state index in [0.717, 1.165) is 21.3 Å². The van der Waals surface area contributed by atoms with E-state index in [-0.39, 0.29) is 4.90 Å². The molecule has 0 radical (unpaired) electrons. The summed E-state index contributed by atoms with van der Waals surface area (Å²) in [5.41, 5.74) is 7.99. The van der Waals surface area contributed by atoms with E-state index >= 15 is 0 Å². The molecule has 2 heterocycles. The van der Waals surface area contributed by atoms with Crippen LogP contribution in [0.3, 0.4) is 0 Å². The van der Waals surface area contributed by atoms with Gasteiger partial charge in [0, 0.05) is 5.75 Å². The minimum Gasteiger partial charge on any atom is -0.383 e. The molecule has 0 saturated heterocycles. The zero-order chi connectivity index (χ0) is 19.7. The smallest absolute Gasteiger partial charge is 0.206 e. The average molecular weight is 428 g/mol. The summed E-state index contributed by atoms with van der Waals surface area (Å²) < 4.78 is 25.5. The molecular weight excluding hydrogens is 410 g/mol. The first kappa shape index (κ1) is 18.9. The third kappa shape index (κ3) is 3.76. The SMILES string of the molecule is Cc1ccc(S(=O)(=O)c2ccc(CSc3nc(N)c4ccsc4n3)cc2)cc1. The number of nitrogens with zero attached hydrogens (tertiary/aromatic N) is 2. The van der Waals surface area contributed by atoms with Crippen LogP contribution in [0, 0.1) is 6.92 Å². The predicted molar refractivity (Wildman–Crippen MR) is 114 cm³/mol. The first-order valence-electron chi connectivity index (χ1n) is 8.48. The van der Waals surface area contributed by atoms with Gasteiger partial charge in [-0.05, 0) is 48.2 Å². The van der Waals surface area contributed by atoms with Gasteiger partial charge >= 0.3 is 0 Å². The van der Waals surface area contributed by atoms with Gasteiger partial charge in [0.25, 0.3) is 0 Å². The molecule has 0 atom stereocenters. The molecule has 0 aliphatic carbocycles. The zero-order valence-electron chi connectivity index (χ0n) is 15.0. The van der Waals surface area contributed by atoms with Gasteiger partial charge in [0.1, 0.15) is 10.6 Å². The maximum atomic E-state index is 12.7.